The van der Waals surface area contributed by atoms with Crippen LogP contribution in [0.4, 0.5) is 0 Å². The van der Waals surface area contributed by atoms with Crippen LogP contribution in [0, 0.1) is 0 Å². The molecule has 0 radical (unpaired) electrons. The van der Waals surface area contributed by atoms with Crippen molar-refractivity contribution >= 4 is 12.4 Å². The SMILES string of the molecule is CCC(c1ccccc1)c1ccccc1.Cl.O. The second-order valence-electron chi connectivity index (χ2n) is 3.78. The highest BCUT2D eigenvalue weighted by Crippen LogP contribution is 2.26. The summed E-state index contributed by atoms with van der Waals surface area (Å²) in [4.78, 5) is 0. The molecule has 2 aromatic rings. The van der Waals surface area contributed by atoms with Crippen LogP contribution in [0.5, 0.6) is 0 Å². The molecule has 2 N–H and O–H groups in total. The second kappa shape index (κ2) is 7.88. The zero-order valence-electron chi connectivity index (χ0n) is 9.97. The number of halogens is 1. The van der Waals surface area contributed by atoms with E-state index in [1.807, 2.05) is 0 Å². The predicted octanol–water partition coefficient (Wildman–Crippen LogP) is 3.83. The van der Waals surface area contributed by atoms with Crippen LogP contribution < -0.4 is 0 Å². The van der Waals surface area contributed by atoms with Gasteiger partial charge in [0.2, 0.25) is 0 Å². The Morgan fingerprint density at radius 3 is 1.41 bits per heavy atom. The van der Waals surface area contributed by atoms with Crippen LogP contribution >= 0.6 is 12.4 Å². The van der Waals surface area contributed by atoms with Crippen molar-refractivity contribution in [3.8, 4) is 0 Å². The highest BCUT2D eigenvalue weighted by Gasteiger charge is 2.10. The van der Waals surface area contributed by atoms with Gasteiger partial charge in [0, 0.05) is 5.92 Å². The van der Waals surface area contributed by atoms with Gasteiger partial charge in [-0.3, -0.25) is 0 Å². The van der Waals surface area contributed by atoms with Crippen LogP contribution in [0.2, 0.25) is 0 Å². The Morgan fingerprint density at radius 1 is 0.765 bits per heavy atom. The molecule has 0 unspecified atom stereocenters. The minimum absolute atomic E-state index is 0. The fourth-order valence-corrected chi connectivity index (χ4v) is 2.03. The first-order valence-electron chi connectivity index (χ1n) is 5.51. The van der Waals surface area contributed by atoms with Crippen molar-refractivity contribution in [3.05, 3.63) is 71.8 Å². The largest absolute Gasteiger partial charge is 0.412 e. The van der Waals surface area contributed by atoms with Gasteiger partial charge >= 0.3 is 0 Å². The quantitative estimate of drug-likeness (QED) is 0.793. The smallest absolute Gasteiger partial charge is 0.00867 e. The molecule has 0 spiro atoms. The summed E-state index contributed by atoms with van der Waals surface area (Å²) in [6.07, 6.45) is 1.15. The van der Waals surface area contributed by atoms with Gasteiger partial charge < -0.3 is 5.48 Å². The zero-order valence-corrected chi connectivity index (χ0v) is 10.8. The van der Waals surface area contributed by atoms with E-state index in [2.05, 4.69) is 67.6 Å². The summed E-state index contributed by atoms with van der Waals surface area (Å²) in [6, 6.07) is 21.4. The van der Waals surface area contributed by atoms with Crippen molar-refractivity contribution in [1.29, 1.82) is 0 Å². The lowest BCUT2D eigenvalue weighted by molar-refractivity contribution is 0.777. The van der Waals surface area contributed by atoms with Crippen LogP contribution in [0.3, 0.4) is 0 Å². The molecule has 0 saturated heterocycles. The monoisotopic (exact) mass is 250 g/mol. The molecule has 0 aliphatic carbocycles. The molecular formula is C15H19ClO. The van der Waals surface area contributed by atoms with Crippen LogP contribution in [0.15, 0.2) is 60.7 Å². The van der Waals surface area contributed by atoms with Gasteiger partial charge in [0.15, 0.2) is 0 Å². The lowest BCUT2D eigenvalue weighted by Gasteiger charge is -2.15. The van der Waals surface area contributed by atoms with E-state index in [1.54, 1.807) is 0 Å². The molecule has 0 aliphatic rings. The van der Waals surface area contributed by atoms with E-state index in [9.17, 15) is 0 Å². The summed E-state index contributed by atoms with van der Waals surface area (Å²) in [5.74, 6) is 0.535. The van der Waals surface area contributed by atoms with Gasteiger partial charge in [-0.15, -0.1) is 12.4 Å². The van der Waals surface area contributed by atoms with Crippen LogP contribution in [-0.4, -0.2) is 5.48 Å². The maximum absolute atomic E-state index is 2.24. The molecule has 0 heterocycles. The molecule has 1 nitrogen and oxygen atoms in total. The van der Waals surface area contributed by atoms with Crippen molar-refractivity contribution in [2.75, 3.05) is 0 Å². The minimum atomic E-state index is 0. The normalized spacial score (nSPS) is 9.29. The van der Waals surface area contributed by atoms with E-state index >= 15 is 0 Å². The van der Waals surface area contributed by atoms with E-state index in [0.717, 1.165) is 6.42 Å². The standard InChI is InChI=1S/C15H16.ClH.H2O/c1-2-15(13-9-5-3-6-10-13)14-11-7-4-8-12-14;;/h3-12,15H,2H2,1H3;1H;1H2. The van der Waals surface area contributed by atoms with E-state index in [4.69, 9.17) is 0 Å². The molecule has 0 amide bonds. The van der Waals surface area contributed by atoms with Crippen molar-refractivity contribution in [1.82, 2.24) is 0 Å². The number of hydrogen-bond acceptors (Lipinski definition) is 0. The van der Waals surface area contributed by atoms with Crippen LogP contribution in [0.25, 0.3) is 0 Å². The zero-order chi connectivity index (χ0) is 10.5. The van der Waals surface area contributed by atoms with Gasteiger partial charge in [-0.1, -0.05) is 67.6 Å². The van der Waals surface area contributed by atoms with Gasteiger partial charge in [-0.2, -0.15) is 0 Å². The minimum Gasteiger partial charge on any atom is -0.412 e. The average Bonchev–Trinajstić information content (AvgIpc) is 2.33. The highest BCUT2D eigenvalue weighted by atomic mass is 35.5. The first-order chi connectivity index (χ1) is 7.42. The predicted molar refractivity (Wildman–Crippen MR) is 75.9 cm³/mol. The molecular weight excluding hydrogens is 232 g/mol. The summed E-state index contributed by atoms with van der Waals surface area (Å²) in [7, 11) is 0. The summed E-state index contributed by atoms with van der Waals surface area (Å²) in [5, 5.41) is 0. The third-order valence-electron chi connectivity index (χ3n) is 2.81. The first kappa shape index (κ1) is 15.7. The molecule has 0 fully saturated rings. The van der Waals surface area contributed by atoms with Gasteiger partial charge in [0.25, 0.3) is 0 Å². The molecule has 0 aromatic heterocycles. The molecule has 2 heteroatoms. The molecule has 2 aromatic carbocycles. The maximum atomic E-state index is 2.24. The summed E-state index contributed by atoms with van der Waals surface area (Å²) < 4.78 is 0. The molecule has 0 atom stereocenters. The summed E-state index contributed by atoms with van der Waals surface area (Å²) in [6.45, 7) is 2.24. The van der Waals surface area contributed by atoms with Crippen molar-refractivity contribution in [2.24, 2.45) is 0 Å². The van der Waals surface area contributed by atoms with Crippen molar-refractivity contribution in [2.45, 2.75) is 19.3 Å². The van der Waals surface area contributed by atoms with Gasteiger partial charge in [-0.05, 0) is 17.5 Å². The van der Waals surface area contributed by atoms with Crippen LogP contribution in [-0.2, 0) is 0 Å². The number of benzene rings is 2. The van der Waals surface area contributed by atoms with Crippen molar-refractivity contribution in [3.63, 3.8) is 0 Å². The molecule has 2 rings (SSSR count). The Morgan fingerprint density at radius 2 is 1.12 bits per heavy atom. The topological polar surface area (TPSA) is 31.5 Å². The Balaban J connectivity index is 0.00000128. The Hall–Kier alpha value is -1.31. The van der Waals surface area contributed by atoms with Gasteiger partial charge in [0.05, 0.1) is 0 Å². The molecule has 17 heavy (non-hydrogen) atoms. The fourth-order valence-electron chi connectivity index (χ4n) is 2.03. The summed E-state index contributed by atoms with van der Waals surface area (Å²) >= 11 is 0. The molecule has 0 aliphatic heterocycles. The van der Waals surface area contributed by atoms with E-state index in [-0.39, 0.29) is 17.9 Å². The highest BCUT2D eigenvalue weighted by molar-refractivity contribution is 5.85. The Bertz CT molecular complexity index is 360. The second-order valence-corrected chi connectivity index (χ2v) is 3.78. The summed E-state index contributed by atoms with van der Waals surface area (Å²) in [5.41, 5.74) is 2.82. The number of rotatable bonds is 3. The first-order valence-corrected chi connectivity index (χ1v) is 5.51. The third kappa shape index (κ3) is 3.88. The lowest BCUT2D eigenvalue weighted by atomic mass is 9.89. The third-order valence-corrected chi connectivity index (χ3v) is 2.81. The van der Waals surface area contributed by atoms with E-state index in [1.165, 1.54) is 11.1 Å². The molecule has 0 saturated carbocycles. The van der Waals surface area contributed by atoms with Crippen molar-refractivity contribution < 1.29 is 5.48 Å². The van der Waals surface area contributed by atoms with E-state index < -0.39 is 0 Å². The van der Waals surface area contributed by atoms with E-state index in [0.29, 0.717) is 5.92 Å². The maximum Gasteiger partial charge on any atom is 0.00867 e. The average molecular weight is 251 g/mol. The van der Waals surface area contributed by atoms with Gasteiger partial charge in [0.1, 0.15) is 0 Å². The Labute approximate surface area is 109 Å². The van der Waals surface area contributed by atoms with Crippen LogP contribution in [0.1, 0.15) is 30.4 Å². The number of hydrogen-bond donors (Lipinski definition) is 0. The molecule has 0 bridgehead atoms. The van der Waals surface area contributed by atoms with Gasteiger partial charge in [-0.25, -0.2) is 0 Å². The fraction of sp³-hybridized carbons (Fsp3) is 0.200. The molecule has 92 valence electrons. The lowest BCUT2D eigenvalue weighted by Crippen LogP contribution is -1.98. The Kier molecular flexibility index (Phi) is 7.27.